The van der Waals surface area contributed by atoms with Gasteiger partial charge >= 0.3 is 0 Å². The van der Waals surface area contributed by atoms with Crippen LogP contribution in [-0.4, -0.2) is 24.8 Å². The molecule has 92 valence electrons. The predicted octanol–water partition coefficient (Wildman–Crippen LogP) is 3.31. The molecule has 0 spiro atoms. The largest absolute Gasteiger partial charge is 0.275 e. The van der Waals surface area contributed by atoms with E-state index in [-0.39, 0.29) is 0 Å². The summed E-state index contributed by atoms with van der Waals surface area (Å²) in [5.74, 6) is 0.578. The van der Waals surface area contributed by atoms with E-state index in [1.807, 2.05) is 0 Å². The number of quaternary nitrogens is 1. The van der Waals surface area contributed by atoms with Gasteiger partial charge in [0.05, 0.1) is 14.1 Å². The molecule has 0 aromatic rings. The molecule has 4 aliphatic rings. The highest BCUT2D eigenvalue weighted by atomic mass is 15.3. The third-order valence-electron chi connectivity index (χ3n) is 4.49. The van der Waals surface area contributed by atoms with Crippen molar-refractivity contribution in [2.45, 2.75) is 25.7 Å². The van der Waals surface area contributed by atoms with Crippen LogP contribution in [0.5, 0.6) is 0 Å². The fourth-order valence-electron chi connectivity index (χ4n) is 3.86. The summed E-state index contributed by atoms with van der Waals surface area (Å²) < 4.78 is 0.902. The van der Waals surface area contributed by atoms with Crippen LogP contribution in [0.4, 0.5) is 0 Å². The van der Waals surface area contributed by atoms with Crippen LogP contribution in [0.15, 0.2) is 51.5 Å². The number of aliphatic imine (C=N–C) groups is 1. The first-order valence-electron chi connectivity index (χ1n) is 6.88. The Morgan fingerprint density at radius 3 is 2.61 bits per heavy atom. The van der Waals surface area contributed by atoms with Gasteiger partial charge in [-0.3, -0.25) is 9.48 Å². The third kappa shape index (κ3) is 1.36. The van der Waals surface area contributed by atoms with Crippen LogP contribution in [0, 0.1) is 5.92 Å². The Hall–Kier alpha value is -1.41. The lowest BCUT2D eigenvalue weighted by Crippen LogP contribution is -2.34. The second kappa shape index (κ2) is 3.33. The van der Waals surface area contributed by atoms with Gasteiger partial charge in [0, 0.05) is 29.5 Å². The third-order valence-corrected chi connectivity index (χ3v) is 4.49. The number of allylic oxidation sites excluding steroid dienone is 5. The molecule has 0 amide bonds. The van der Waals surface area contributed by atoms with E-state index in [0.717, 1.165) is 4.48 Å². The topological polar surface area (TPSA) is 12.4 Å². The molecule has 2 aliphatic carbocycles. The van der Waals surface area contributed by atoms with Crippen molar-refractivity contribution in [1.82, 2.24) is 0 Å². The van der Waals surface area contributed by atoms with Crippen LogP contribution in [-0.2, 0) is 0 Å². The summed E-state index contributed by atoms with van der Waals surface area (Å²) in [5.41, 5.74) is 7.81. The van der Waals surface area contributed by atoms with Crippen LogP contribution in [0.25, 0.3) is 0 Å². The lowest BCUT2D eigenvalue weighted by molar-refractivity contribution is -0.785. The highest BCUT2D eigenvalue weighted by Crippen LogP contribution is 2.49. The molecule has 0 fully saturated rings. The first kappa shape index (κ1) is 10.5. The van der Waals surface area contributed by atoms with Crippen molar-refractivity contribution in [2.75, 3.05) is 14.1 Å². The molecule has 0 saturated carbocycles. The molecule has 1 unspecified atom stereocenters. The first-order chi connectivity index (χ1) is 8.64. The van der Waals surface area contributed by atoms with Gasteiger partial charge in [0.2, 0.25) is 0 Å². The van der Waals surface area contributed by atoms with E-state index >= 15 is 0 Å². The molecule has 18 heavy (non-hydrogen) atoms. The fraction of sp³-hybridized carbons (Fsp3) is 0.438. The monoisotopic (exact) mass is 239 g/mol. The summed E-state index contributed by atoms with van der Waals surface area (Å²) >= 11 is 0. The van der Waals surface area contributed by atoms with Gasteiger partial charge in [-0.05, 0) is 42.4 Å². The molecule has 1 atom stereocenters. The van der Waals surface area contributed by atoms with E-state index in [1.165, 1.54) is 31.3 Å². The molecule has 2 heterocycles. The van der Waals surface area contributed by atoms with Crippen LogP contribution < -0.4 is 0 Å². The molecule has 2 heteroatoms. The minimum atomic E-state index is 0.578. The Kier molecular flexibility index (Phi) is 1.94. The van der Waals surface area contributed by atoms with E-state index in [1.54, 1.807) is 22.3 Å². The van der Waals surface area contributed by atoms with Gasteiger partial charge in [0.25, 0.3) is 0 Å². The molecular weight excluding hydrogens is 220 g/mol. The van der Waals surface area contributed by atoms with Gasteiger partial charge in [-0.1, -0.05) is 0 Å². The zero-order valence-corrected chi connectivity index (χ0v) is 11.1. The molecule has 0 aromatic carbocycles. The molecule has 2 aliphatic heterocycles. The average Bonchev–Trinajstić information content (AvgIpc) is 2.34. The second-order valence-corrected chi connectivity index (χ2v) is 6.32. The maximum absolute atomic E-state index is 4.44. The second-order valence-electron chi connectivity index (χ2n) is 6.32. The highest BCUT2D eigenvalue weighted by molar-refractivity contribution is 5.76. The molecule has 0 saturated heterocycles. The van der Waals surface area contributed by atoms with Gasteiger partial charge in [-0.2, -0.15) is 0 Å². The van der Waals surface area contributed by atoms with E-state index in [0.29, 0.717) is 5.92 Å². The van der Waals surface area contributed by atoms with Crippen molar-refractivity contribution in [3.8, 4) is 0 Å². The summed E-state index contributed by atoms with van der Waals surface area (Å²) in [6, 6.07) is 0. The normalized spacial score (nSPS) is 31.4. The number of nitrogens with zero attached hydrogens (tertiary/aromatic N) is 2. The van der Waals surface area contributed by atoms with Crippen molar-refractivity contribution in [3.05, 3.63) is 46.5 Å². The number of hydrogen-bond acceptors (Lipinski definition) is 1. The molecule has 4 rings (SSSR count). The van der Waals surface area contributed by atoms with E-state index < -0.39 is 0 Å². The zero-order chi connectivity index (χ0) is 12.3. The Morgan fingerprint density at radius 2 is 1.78 bits per heavy atom. The van der Waals surface area contributed by atoms with Crippen molar-refractivity contribution in [3.63, 3.8) is 0 Å². The van der Waals surface area contributed by atoms with Gasteiger partial charge in [-0.15, -0.1) is 0 Å². The standard InChI is InChI=1S/C16H19N2/c1-18(2)9-13-5-3-11-7-17-8-12-4-6-14(10-18)16(13)15(11)12/h7-11H,3-6H2,1-2H3/q+1. The Bertz CT molecular complexity index is 564. The van der Waals surface area contributed by atoms with E-state index in [2.05, 4.69) is 43.9 Å². The van der Waals surface area contributed by atoms with Gasteiger partial charge < -0.3 is 0 Å². The maximum Gasteiger partial charge on any atom is 0.104 e. The van der Waals surface area contributed by atoms with E-state index in [4.69, 9.17) is 0 Å². The summed E-state index contributed by atoms with van der Waals surface area (Å²) in [6.45, 7) is 0. The quantitative estimate of drug-likeness (QED) is 0.575. The maximum atomic E-state index is 4.44. The van der Waals surface area contributed by atoms with Crippen LogP contribution in [0.2, 0.25) is 0 Å². The Labute approximate surface area is 108 Å². The van der Waals surface area contributed by atoms with Crippen LogP contribution >= 0.6 is 0 Å². The first-order valence-corrected chi connectivity index (χ1v) is 6.88. The van der Waals surface area contributed by atoms with Crippen molar-refractivity contribution >= 4 is 6.21 Å². The summed E-state index contributed by atoms with van der Waals surface area (Å²) in [5, 5.41) is 0. The minimum absolute atomic E-state index is 0.578. The molecule has 2 nitrogen and oxygen atoms in total. The van der Waals surface area contributed by atoms with Crippen LogP contribution in [0.1, 0.15) is 25.7 Å². The van der Waals surface area contributed by atoms with Crippen LogP contribution in [0.3, 0.4) is 0 Å². The zero-order valence-electron chi connectivity index (χ0n) is 11.1. The number of rotatable bonds is 0. The Morgan fingerprint density at radius 1 is 1.06 bits per heavy atom. The average molecular weight is 239 g/mol. The van der Waals surface area contributed by atoms with E-state index in [9.17, 15) is 0 Å². The molecule has 0 aromatic heterocycles. The highest BCUT2D eigenvalue weighted by Gasteiger charge is 2.37. The van der Waals surface area contributed by atoms with Crippen molar-refractivity contribution < 1.29 is 4.48 Å². The molecular formula is C16H19N2+. The predicted molar refractivity (Wildman–Crippen MR) is 73.8 cm³/mol. The summed E-state index contributed by atoms with van der Waals surface area (Å²) in [6.07, 6.45) is 13.9. The summed E-state index contributed by atoms with van der Waals surface area (Å²) in [7, 11) is 4.53. The molecule has 0 radical (unpaired) electrons. The van der Waals surface area contributed by atoms with Crippen molar-refractivity contribution in [2.24, 2.45) is 10.9 Å². The van der Waals surface area contributed by atoms with Gasteiger partial charge in [-0.25, -0.2) is 0 Å². The fourth-order valence-corrected chi connectivity index (χ4v) is 3.86. The molecule has 0 N–H and O–H groups in total. The minimum Gasteiger partial charge on any atom is -0.275 e. The Balaban J connectivity index is 1.98. The lowest BCUT2D eigenvalue weighted by Gasteiger charge is -2.39. The van der Waals surface area contributed by atoms with Gasteiger partial charge in [0.1, 0.15) is 12.4 Å². The molecule has 0 bridgehead atoms. The SMILES string of the molecule is C[N+]1(C)C=C2CCC3=CN=CC4CCC(=C1)C2=C34. The number of hydrogen-bond donors (Lipinski definition) is 0. The smallest absolute Gasteiger partial charge is 0.104 e. The lowest BCUT2D eigenvalue weighted by atomic mass is 9.69. The van der Waals surface area contributed by atoms with Gasteiger partial charge in [0.15, 0.2) is 0 Å². The summed E-state index contributed by atoms with van der Waals surface area (Å²) in [4.78, 5) is 4.44. The van der Waals surface area contributed by atoms with Crippen molar-refractivity contribution in [1.29, 1.82) is 0 Å².